The molecule has 41 heavy (non-hydrogen) atoms. The first-order valence-corrected chi connectivity index (χ1v) is 12.6. The maximum absolute atomic E-state index is 14.0. The zero-order valence-corrected chi connectivity index (χ0v) is 22.5. The molecule has 0 spiro atoms. The van der Waals surface area contributed by atoms with E-state index in [0.717, 1.165) is 28.0 Å². The Kier molecular flexibility index (Phi) is 9.72. The molecule has 3 rings (SSSR count). The topological polar surface area (TPSA) is 132 Å². The molecule has 0 fully saturated rings. The molecule has 216 valence electrons. The van der Waals surface area contributed by atoms with Crippen molar-refractivity contribution in [1.29, 1.82) is 5.26 Å². The van der Waals surface area contributed by atoms with E-state index in [-0.39, 0.29) is 42.6 Å². The first kappa shape index (κ1) is 30.7. The monoisotopic (exact) mass is 571 g/mol. The molecule has 0 aliphatic carbocycles. The Morgan fingerprint density at radius 3 is 2.32 bits per heavy atom. The Morgan fingerprint density at radius 1 is 1.07 bits per heavy atom. The van der Waals surface area contributed by atoms with Crippen LogP contribution < -0.4 is 15.5 Å². The number of esters is 1. The van der Waals surface area contributed by atoms with Crippen LogP contribution in [0.5, 0.6) is 0 Å². The summed E-state index contributed by atoms with van der Waals surface area (Å²) in [5.41, 5.74) is -0.552. The Morgan fingerprint density at radius 2 is 1.73 bits per heavy atom. The SMILES string of the molecule is CCOC(=O)C1=C(C)N(c2cccc(C(F)(F)F)c2)C(=O)N(CC(=O)NCCNC(C)=O)C1c1ccc(C#N)cc1. The van der Waals surface area contributed by atoms with Crippen molar-refractivity contribution >= 4 is 29.5 Å². The standard InChI is InChI=1S/C28H28F3N5O5/c1-4-41-26(39)24-17(2)36(22-7-5-6-21(14-22)28(29,30)31)27(40)35(16-23(38)34-13-12-33-18(3)37)25(24)20-10-8-19(15-32)9-11-20/h5-11,14,25H,4,12-13,16H2,1-3H3,(H,33,37)(H,34,38). The molecular formula is C28H28F3N5O5. The van der Waals surface area contributed by atoms with Crippen molar-refractivity contribution in [3.05, 3.63) is 76.5 Å². The quantitative estimate of drug-likeness (QED) is 0.349. The molecule has 13 heteroatoms. The molecule has 1 aliphatic rings. The van der Waals surface area contributed by atoms with E-state index in [9.17, 15) is 37.6 Å². The zero-order chi connectivity index (χ0) is 30.3. The summed E-state index contributed by atoms with van der Waals surface area (Å²) in [6, 6.07) is 9.98. The number of carbonyl (C=O) groups is 4. The van der Waals surface area contributed by atoms with Gasteiger partial charge in [0.1, 0.15) is 6.54 Å². The van der Waals surface area contributed by atoms with E-state index in [1.807, 2.05) is 6.07 Å². The first-order valence-electron chi connectivity index (χ1n) is 12.6. The second kappa shape index (κ2) is 13.0. The Bertz CT molecular complexity index is 1400. The van der Waals surface area contributed by atoms with Gasteiger partial charge in [-0.05, 0) is 49.7 Å². The number of hydrogen-bond acceptors (Lipinski definition) is 6. The van der Waals surface area contributed by atoms with Crippen LogP contribution in [0.1, 0.15) is 43.5 Å². The lowest BCUT2D eigenvalue weighted by molar-refractivity contribution is -0.140. The van der Waals surface area contributed by atoms with Gasteiger partial charge in [0.15, 0.2) is 0 Å². The van der Waals surface area contributed by atoms with Crippen molar-refractivity contribution < 1.29 is 37.1 Å². The molecule has 1 heterocycles. The number of anilines is 1. The number of ether oxygens (including phenoxy) is 1. The predicted octanol–water partition coefficient (Wildman–Crippen LogP) is 3.65. The third kappa shape index (κ3) is 7.21. The normalized spacial score (nSPS) is 15.3. The summed E-state index contributed by atoms with van der Waals surface area (Å²) < 4.78 is 45.8. The summed E-state index contributed by atoms with van der Waals surface area (Å²) in [6.07, 6.45) is -4.70. The van der Waals surface area contributed by atoms with Gasteiger partial charge in [0.2, 0.25) is 11.8 Å². The van der Waals surface area contributed by atoms with E-state index in [1.165, 1.54) is 44.2 Å². The van der Waals surface area contributed by atoms with E-state index in [2.05, 4.69) is 10.6 Å². The van der Waals surface area contributed by atoms with E-state index >= 15 is 0 Å². The van der Waals surface area contributed by atoms with Crippen molar-refractivity contribution in [3.8, 4) is 6.07 Å². The minimum Gasteiger partial charge on any atom is -0.463 e. The number of nitrogens with zero attached hydrogens (tertiary/aromatic N) is 3. The van der Waals surface area contributed by atoms with Gasteiger partial charge in [0.25, 0.3) is 0 Å². The van der Waals surface area contributed by atoms with Crippen LogP contribution in [0.2, 0.25) is 0 Å². The molecule has 1 aliphatic heterocycles. The number of benzene rings is 2. The second-order valence-electron chi connectivity index (χ2n) is 8.98. The number of alkyl halides is 3. The highest BCUT2D eigenvalue weighted by molar-refractivity contribution is 6.04. The van der Waals surface area contributed by atoms with Crippen molar-refractivity contribution in [2.24, 2.45) is 0 Å². The van der Waals surface area contributed by atoms with Gasteiger partial charge in [-0.3, -0.25) is 14.5 Å². The summed E-state index contributed by atoms with van der Waals surface area (Å²) in [5, 5.41) is 14.3. The van der Waals surface area contributed by atoms with Gasteiger partial charge in [0.05, 0.1) is 41.1 Å². The molecule has 0 saturated carbocycles. The number of allylic oxidation sites excluding steroid dienone is 1. The number of nitrogens with one attached hydrogen (secondary N) is 2. The maximum Gasteiger partial charge on any atom is 0.416 e. The average Bonchev–Trinajstić information content (AvgIpc) is 2.92. The maximum atomic E-state index is 14.0. The lowest BCUT2D eigenvalue weighted by atomic mass is 9.92. The van der Waals surface area contributed by atoms with Crippen molar-refractivity contribution in [2.45, 2.75) is 33.0 Å². The first-order chi connectivity index (χ1) is 19.4. The van der Waals surface area contributed by atoms with E-state index in [4.69, 9.17) is 4.74 Å². The van der Waals surface area contributed by atoms with Crippen LogP contribution in [0.15, 0.2) is 59.8 Å². The van der Waals surface area contributed by atoms with Crippen molar-refractivity contribution in [1.82, 2.24) is 15.5 Å². The fourth-order valence-corrected chi connectivity index (χ4v) is 4.35. The summed E-state index contributed by atoms with van der Waals surface area (Å²) in [5.74, 6) is -1.78. The summed E-state index contributed by atoms with van der Waals surface area (Å²) in [7, 11) is 0. The van der Waals surface area contributed by atoms with Crippen molar-refractivity contribution in [3.63, 3.8) is 0 Å². The van der Waals surface area contributed by atoms with E-state index in [0.29, 0.717) is 11.1 Å². The fourth-order valence-electron chi connectivity index (χ4n) is 4.35. The van der Waals surface area contributed by atoms with Gasteiger partial charge in [-0.15, -0.1) is 0 Å². The van der Waals surface area contributed by atoms with Crippen LogP contribution in [0.3, 0.4) is 0 Å². The van der Waals surface area contributed by atoms with Crippen LogP contribution >= 0.6 is 0 Å². The summed E-state index contributed by atoms with van der Waals surface area (Å²) in [4.78, 5) is 53.3. The Balaban J connectivity index is 2.16. The number of amides is 4. The second-order valence-corrected chi connectivity index (χ2v) is 8.98. The molecule has 2 N–H and O–H groups in total. The van der Waals surface area contributed by atoms with Gasteiger partial charge < -0.3 is 20.3 Å². The minimum absolute atomic E-state index is 0.0180. The summed E-state index contributed by atoms with van der Waals surface area (Å²) in [6.45, 7) is 3.84. The molecule has 2 aromatic carbocycles. The van der Waals surface area contributed by atoms with Gasteiger partial charge in [-0.1, -0.05) is 18.2 Å². The average molecular weight is 572 g/mol. The fraction of sp³-hybridized carbons (Fsp3) is 0.321. The zero-order valence-electron chi connectivity index (χ0n) is 22.5. The van der Waals surface area contributed by atoms with Gasteiger partial charge >= 0.3 is 18.2 Å². The minimum atomic E-state index is -4.70. The number of hydrogen-bond donors (Lipinski definition) is 2. The highest BCUT2D eigenvalue weighted by Gasteiger charge is 2.44. The Labute approximate surface area is 234 Å². The Hall–Kier alpha value is -4.86. The molecule has 0 aromatic heterocycles. The molecule has 1 unspecified atom stereocenters. The molecule has 1 atom stereocenters. The molecule has 0 bridgehead atoms. The van der Waals surface area contributed by atoms with Crippen LogP contribution in [-0.2, 0) is 25.3 Å². The molecular weight excluding hydrogens is 543 g/mol. The van der Waals surface area contributed by atoms with E-state index < -0.39 is 42.2 Å². The van der Waals surface area contributed by atoms with Gasteiger partial charge in [-0.25, -0.2) is 9.59 Å². The number of rotatable bonds is 9. The molecule has 4 amide bonds. The molecule has 0 saturated heterocycles. The smallest absolute Gasteiger partial charge is 0.416 e. The third-order valence-corrected chi connectivity index (χ3v) is 6.16. The molecule has 2 aromatic rings. The summed E-state index contributed by atoms with van der Waals surface area (Å²) >= 11 is 0. The van der Waals surface area contributed by atoms with Crippen LogP contribution in [0, 0.1) is 11.3 Å². The highest BCUT2D eigenvalue weighted by atomic mass is 19.4. The predicted molar refractivity (Wildman–Crippen MR) is 141 cm³/mol. The van der Waals surface area contributed by atoms with Gasteiger partial charge in [-0.2, -0.15) is 18.4 Å². The number of carbonyl (C=O) groups excluding carboxylic acids is 4. The lowest BCUT2D eigenvalue weighted by Crippen LogP contribution is -2.54. The van der Waals surface area contributed by atoms with Crippen molar-refractivity contribution in [2.75, 3.05) is 31.1 Å². The largest absolute Gasteiger partial charge is 0.463 e. The van der Waals surface area contributed by atoms with Crippen LogP contribution in [0.4, 0.5) is 23.7 Å². The number of urea groups is 1. The number of halogens is 3. The number of nitriles is 1. The molecule has 10 nitrogen and oxygen atoms in total. The molecule has 0 radical (unpaired) electrons. The lowest BCUT2D eigenvalue weighted by Gasteiger charge is -2.42. The third-order valence-electron chi connectivity index (χ3n) is 6.16. The highest BCUT2D eigenvalue weighted by Crippen LogP contribution is 2.41. The van der Waals surface area contributed by atoms with Crippen LogP contribution in [0.25, 0.3) is 0 Å². The van der Waals surface area contributed by atoms with Crippen LogP contribution in [-0.4, -0.2) is 55.0 Å². The van der Waals surface area contributed by atoms with E-state index in [1.54, 1.807) is 6.92 Å². The van der Waals surface area contributed by atoms with Gasteiger partial charge in [0, 0.05) is 25.7 Å².